The molecule has 35 heavy (non-hydrogen) atoms. The number of phosphoric acid groups is 1. The average molecular weight is 517 g/mol. The van der Waals surface area contributed by atoms with Gasteiger partial charge in [0.2, 0.25) is 0 Å². The molecule has 0 saturated heterocycles. The molecule has 0 bridgehead atoms. The Bertz CT molecular complexity index is 737. The number of carbonyl (C=O) groups excluding carboxylic acids is 2. The van der Waals surface area contributed by atoms with Crippen LogP contribution in [0.15, 0.2) is 48.6 Å². The van der Waals surface area contributed by atoms with Crippen molar-refractivity contribution in [2.75, 3.05) is 13.2 Å². The molecule has 0 fully saturated rings. The predicted molar refractivity (Wildman–Crippen MR) is 134 cm³/mol. The van der Waals surface area contributed by atoms with E-state index in [1.807, 2.05) is 24.3 Å². The highest BCUT2D eigenvalue weighted by atomic mass is 31.2. The standard InChI is InChI=1S/C25H41O9P/c1-3-4-17-23(27)18-15-13-11-9-7-5-6-8-10-12-14-16-19-25(28)34-24(20-32-22(2)26)21-33-35(29,30)31/h5-6,9-12,15,18,23-24,27H,3-4,7-8,13-14,16-17,19-21H2,1-2H3,(H2,29,30,31)/b6-5-,11-9-,12-10-,18-15-/t23-,24-/m1/s1. The van der Waals surface area contributed by atoms with Gasteiger partial charge in [0.05, 0.1) is 12.7 Å². The van der Waals surface area contributed by atoms with Crippen molar-refractivity contribution in [3.8, 4) is 0 Å². The zero-order chi connectivity index (χ0) is 26.4. The largest absolute Gasteiger partial charge is 0.469 e. The fourth-order valence-electron chi connectivity index (χ4n) is 2.70. The Labute approximate surface area is 208 Å². The topological polar surface area (TPSA) is 140 Å². The second-order valence-electron chi connectivity index (χ2n) is 7.85. The van der Waals surface area contributed by atoms with E-state index in [0.717, 1.165) is 38.5 Å². The molecule has 0 heterocycles. The van der Waals surface area contributed by atoms with Crippen LogP contribution in [-0.4, -0.2) is 52.3 Å². The van der Waals surface area contributed by atoms with E-state index in [-0.39, 0.29) is 19.1 Å². The molecule has 200 valence electrons. The Morgan fingerprint density at radius 3 is 2.09 bits per heavy atom. The molecule has 0 aromatic carbocycles. The maximum Gasteiger partial charge on any atom is 0.469 e. The van der Waals surface area contributed by atoms with E-state index < -0.39 is 32.5 Å². The third-order valence-corrected chi connectivity index (χ3v) is 4.96. The molecule has 9 nitrogen and oxygen atoms in total. The normalized spacial score (nSPS) is 14.3. The van der Waals surface area contributed by atoms with Gasteiger partial charge in [0.25, 0.3) is 0 Å². The number of allylic oxidation sites excluding steroid dienone is 7. The lowest BCUT2D eigenvalue weighted by Crippen LogP contribution is -2.29. The van der Waals surface area contributed by atoms with Crippen LogP contribution in [0.2, 0.25) is 0 Å². The highest BCUT2D eigenvalue weighted by molar-refractivity contribution is 7.46. The minimum atomic E-state index is -4.73. The van der Waals surface area contributed by atoms with E-state index in [0.29, 0.717) is 12.8 Å². The molecule has 0 saturated carbocycles. The number of phosphoric ester groups is 1. The van der Waals surface area contributed by atoms with Crippen LogP contribution in [0.4, 0.5) is 0 Å². The first-order chi connectivity index (χ1) is 16.6. The molecule has 0 aliphatic heterocycles. The maximum atomic E-state index is 11.9. The van der Waals surface area contributed by atoms with Crippen LogP contribution in [0.3, 0.4) is 0 Å². The van der Waals surface area contributed by atoms with Gasteiger partial charge in [-0.05, 0) is 38.5 Å². The van der Waals surface area contributed by atoms with E-state index in [2.05, 4.69) is 35.8 Å². The summed E-state index contributed by atoms with van der Waals surface area (Å²) in [7, 11) is -4.73. The van der Waals surface area contributed by atoms with Crippen molar-refractivity contribution in [1.82, 2.24) is 0 Å². The summed E-state index contributed by atoms with van der Waals surface area (Å²) in [6, 6.07) is 0. The first kappa shape index (κ1) is 33.0. The van der Waals surface area contributed by atoms with Crippen LogP contribution in [0.5, 0.6) is 0 Å². The van der Waals surface area contributed by atoms with Crippen LogP contribution >= 0.6 is 7.82 Å². The van der Waals surface area contributed by atoms with E-state index in [9.17, 15) is 19.3 Å². The highest BCUT2D eigenvalue weighted by Gasteiger charge is 2.22. The smallest absolute Gasteiger partial charge is 0.462 e. The van der Waals surface area contributed by atoms with Gasteiger partial charge >= 0.3 is 19.8 Å². The van der Waals surface area contributed by atoms with Gasteiger partial charge in [-0.15, -0.1) is 0 Å². The van der Waals surface area contributed by atoms with Crippen LogP contribution < -0.4 is 0 Å². The molecular formula is C25H41O9P. The lowest BCUT2D eigenvalue weighted by atomic mass is 10.1. The molecule has 0 spiro atoms. The predicted octanol–water partition coefficient (Wildman–Crippen LogP) is 4.69. The first-order valence-corrected chi connectivity index (χ1v) is 13.5. The number of hydrogen-bond donors (Lipinski definition) is 3. The summed E-state index contributed by atoms with van der Waals surface area (Å²) in [4.78, 5) is 40.4. The van der Waals surface area contributed by atoms with Crippen molar-refractivity contribution in [2.24, 2.45) is 0 Å². The van der Waals surface area contributed by atoms with Crippen molar-refractivity contribution < 1.29 is 43.0 Å². The molecule has 0 radical (unpaired) electrons. The van der Waals surface area contributed by atoms with Gasteiger partial charge in [-0.25, -0.2) is 4.57 Å². The van der Waals surface area contributed by atoms with Crippen molar-refractivity contribution in [3.05, 3.63) is 48.6 Å². The number of unbranched alkanes of at least 4 members (excludes halogenated alkanes) is 2. The number of aliphatic hydroxyl groups excluding tert-OH is 1. The Kier molecular flexibility index (Phi) is 20.0. The number of rotatable bonds is 20. The molecule has 0 amide bonds. The summed E-state index contributed by atoms with van der Waals surface area (Å²) in [6.07, 6.45) is 21.3. The van der Waals surface area contributed by atoms with Crippen LogP contribution in [0, 0.1) is 0 Å². The minimum absolute atomic E-state index is 0.113. The molecule has 2 atom stereocenters. The van der Waals surface area contributed by atoms with E-state index in [1.54, 1.807) is 0 Å². The second-order valence-corrected chi connectivity index (χ2v) is 9.09. The van der Waals surface area contributed by atoms with Crippen molar-refractivity contribution in [2.45, 2.75) is 83.8 Å². The van der Waals surface area contributed by atoms with Gasteiger partial charge in [-0.1, -0.05) is 68.4 Å². The number of aliphatic hydroxyl groups is 1. The number of hydrogen-bond acceptors (Lipinski definition) is 7. The number of esters is 2. The Balaban J connectivity index is 3.99. The van der Waals surface area contributed by atoms with Gasteiger partial charge in [0.1, 0.15) is 6.61 Å². The Morgan fingerprint density at radius 1 is 0.914 bits per heavy atom. The van der Waals surface area contributed by atoms with Gasteiger partial charge in [-0.3, -0.25) is 14.1 Å². The van der Waals surface area contributed by atoms with E-state index >= 15 is 0 Å². The molecule has 3 N–H and O–H groups in total. The van der Waals surface area contributed by atoms with Crippen molar-refractivity contribution in [3.63, 3.8) is 0 Å². The Hall–Kier alpha value is -2.03. The lowest BCUT2D eigenvalue weighted by Gasteiger charge is -2.17. The molecule has 0 aromatic heterocycles. The second kappa shape index (κ2) is 21.3. The van der Waals surface area contributed by atoms with E-state index in [1.165, 1.54) is 6.92 Å². The summed E-state index contributed by atoms with van der Waals surface area (Å²) in [5.41, 5.74) is 0. The molecular weight excluding hydrogens is 475 g/mol. The van der Waals surface area contributed by atoms with Crippen molar-refractivity contribution in [1.29, 1.82) is 0 Å². The van der Waals surface area contributed by atoms with Crippen LogP contribution in [-0.2, 0) is 28.2 Å². The monoisotopic (exact) mass is 516 g/mol. The zero-order valence-corrected chi connectivity index (χ0v) is 21.7. The summed E-state index contributed by atoms with van der Waals surface area (Å²) in [5.74, 6) is -1.18. The fourth-order valence-corrected chi connectivity index (χ4v) is 3.06. The molecule has 0 unspecified atom stereocenters. The van der Waals surface area contributed by atoms with Gasteiger partial charge in [0, 0.05) is 13.3 Å². The van der Waals surface area contributed by atoms with Crippen LogP contribution in [0.25, 0.3) is 0 Å². The zero-order valence-electron chi connectivity index (χ0n) is 20.8. The minimum Gasteiger partial charge on any atom is -0.462 e. The average Bonchev–Trinajstić information content (AvgIpc) is 2.78. The number of ether oxygens (including phenoxy) is 2. The first-order valence-electron chi connectivity index (χ1n) is 12.0. The third-order valence-electron chi connectivity index (χ3n) is 4.48. The molecule has 0 aliphatic carbocycles. The van der Waals surface area contributed by atoms with Gasteiger partial charge in [0.15, 0.2) is 6.10 Å². The molecule has 0 aliphatic rings. The van der Waals surface area contributed by atoms with E-state index in [4.69, 9.17) is 19.3 Å². The molecule has 0 rings (SSSR count). The van der Waals surface area contributed by atoms with Crippen molar-refractivity contribution >= 4 is 19.8 Å². The van der Waals surface area contributed by atoms with Gasteiger partial charge < -0.3 is 24.4 Å². The lowest BCUT2D eigenvalue weighted by molar-refractivity contribution is -0.160. The quantitative estimate of drug-likeness (QED) is 0.0910. The SMILES string of the molecule is CCCC[C@@H](O)/C=C\C/C=C\C/C=C\C/C=C\CCCC(=O)O[C@H](COC(C)=O)COP(=O)(O)O. The summed E-state index contributed by atoms with van der Waals surface area (Å²) >= 11 is 0. The summed E-state index contributed by atoms with van der Waals surface area (Å²) < 4.78 is 25.0. The summed E-state index contributed by atoms with van der Waals surface area (Å²) in [6.45, 7) is 2.35. The highest BCUT2D eigenvalue weighted by Crippen LogP contribution is 2.35. The van der Waals surface area contributed by atoms with Gasteiger partial charge in [-0.2, -0.15) is 0 Å². The number of carbonyl (C=O) groups is 2. The molecule has 0 aromatic rings. The molecule has 10 heteroatoms. The third kappa shape index (κ3) is 24.9. The fraction of sp³-hybridized carbons (Fsp3) is 0.600. The Morgan fingerprint density at radius 2 is 1.51 bits per heavy atom. The maximum absolute atomic E-state index is 11.9. The van der Waals surface area contributed by atoms with Crippen LogP contribution in [0.1, 0.15) is 71.6 Å². The summed E-state index contributed by atoms with van der Waals surface area (Å²) in [5, 5.41) is 9.70.